The fourth-order valence-electron chi connectivity index (χ4n) is 2.07. The molecule has 1 aliphatic rings. The smallest absolute Gasteiger partial charge is 0.123 e. The summed E-state index contributed by atoms with van der Waals surface area (Å²) in [7, 11) is 0. The van der Waals surface area contributed by atoms with E-state index in [1.165, 1.54) is 0 Å². The molecule has 2 rings (SSSR count). The first-order chi connectivity index (χ1) is 9.78. The number of ether oxygens (including phenoxy) is 3. The predicted molar refractivity (Wildman–Crippen MR) is 79.6 cm³/mol. The van der Waals surface area contributed by atoms with Crippen LogP contribution in [0.5, 0.6) is 11.5 Å². The number of morpholine rings is 1. The molecule has 1 aliphatic heterocycles. The van der Waals surface area contributed by atoms with E-state index in [1.807, 2.05) is 24.3 Å². The lowest BCUT2D eigenvalue weighted by Crippen LogP contribution is -2.38. The van der Waals surface area contributed by atoms with E-state index in [0.29, 0.717) is 6.61 Å². The normalized spacial score (nSPS) is 17.7. The van der Waals surface area contributed by atoms with Crippen LogP contribution in [0.3, 0.4) is 0 Å². The van der Waals surface area contributed by atoms with Crippen LogP contribution in [0, 0.1) is 0 Å². The number of benzene rings is 1. The summed E-state index contributed by atoms with van der Waals surface area (Å²) < 4.78 is 16.9. The predicted octanol–water partition coefficient (Wildman–Crippen LogP) is 2.57. The molecule has 1 aromatic carbocycles. The zero-order chi connectivity index (χ0) is 14.2. The minimum absolute atomic E-state index is 0.235. The molecule has 0 aromatic heterocycles. The molecule has 1 heterocycles. The molecule has 4 nitrogen and oxygen atoms in total. The molecular formula is C16H25NO3. The number of hydrogen-bond donors (Lipinski definition) is 0. The SMILES string of the molecule is CCC(C)Oc1cccc(OCCN2CCOCC2)c1. The lowest BCUT2D eigenvalue weighted by atomic mass is 10.3. The van der Waals surface area contributed by atoms with Gasteiger partial charge in [-0.25, -0.2) is 0 Å². The topological polar surface area (TPSA) is 30.9 Å². The van der Waals surface area contributed by atoms with Crippen LogP contribution in [0.2, 0.25) is 0 Å². The van der Waals surface area contributed by atoms with Gasteiger partial charge in [-0.1, -0.05) is 13.0 Å². The summed E-state index contributed by atoms with van der Waals surface area (Å²) in [6, 6.07) is 7.89. The van der Waals surface area contributed by atoms with Gasteiger partial charge >= 0.3 is 0 Å². The van der Waals surface area contributed by atoms with E-state index < -0.39 is 0 Å². The molecule has 0 radical (unpaired) electrons. The number of hydrogen-bond acceptors (Lipinski definition) is 4. The summed E-state index contributed by atoms with van der Waals surface area (Å²) in [5.41, 5.74) is 0. The molecule has 112 valence electrons. The molecule has 0 saturated carbocycles. The number of nitrogens with zero attached hydrogens (tertiary/aromatic N) is 1. The van der Waals surface area contributed by atoms with Crippen molar-refractivity contribution in [3.8, 4) is 11.5 Å². The average Bonchev–Trinajstić information content (AvgIpc) is 2.48. The summed E-state index contributed by atoms with van der Waals surface area (Å²) in [5.74, 6) is 1.75. The molecule has 20 heavy (non-hydrogen) atoms. The van der Waals surface area contributed by atoms with Gasteiger partial charge in [-0.05, 0) is 25.5 Å². The maximum Gasteiger partial charge on any atom is 0.123 e. The summed E-state index contributed by atoms with van der Waals surface area (Å²) in [6.45, 7) is 9.50. The third-order valence-electron chi connectivity index (χ3n) is 3.50. The fourth-order valence-corrected chi connectivity index (χ4v) is 2.07. The molecule has 4 heteroatoms. The molecule has 1 saturated heterocycles. The zero-order valence-electron chi connectivity index (χ0n) is 12.5. The van der Waals surface area contributed by atoms with Crippen molar-refractivity contribution >= 4 is 0 Å². The largest absolute Gasteiger partial charge is 0.492 e. The van der Waals surface area contributed by atoms with Crippen LogP contribution < -0.4 is 9.47 Å². The summed E-state index contributed by atoms with van der Waals surface area (Å²) in [6.07, 6.45) is 1.24. The second-order valence-electron chi connectivity index (χ2n) is 5.11. The minimum Gasteiger partial charge on any atom is -0.492 e. The summed E-state index contributed by atoms with van der Waals surface area (Å²) >= 11 is 0. The highest BCUT2D eigenvalue weighted by Gasteiger charge is 2.10. The van der Waals surface area contributed by atoms with Crippen LogP contribution >= 0.6 is 0 Å². The Labute approximate surface area is 121 Å². The van der Waals surface area contributed by atoms with Gasteiger partial charge in [0.05, 0.1) is 19.3 Å². The van der Waals surface area contributed by atoms with Gasteiger partial charge in [0.15, 0.2) is 0 Å². The lowest BCUT2D eigenvalue weighted by Gasteiger charge is -2.26. The fraction of sp³-hybridized carbons (Fsp3) is 0.625. The maximum absolute atomic E-state index is 5.80. The molecule has 0 amide bonds. The Morgan fingerprint density at radius 3 is 2.75 bits per heavy atom. The van der Waals surface area contributed by atoms with Gasteiger partial charge in [0, 0.05) is 25.7 Å². The molecule has 0 aliphatic carbocycles. The molecule has 1 unspecified atom stereocenters. The van der Waals surface area contributed by atoms with Crippen molar-refractivity contribution in [2.75, 3.05) is 39.5 Å². The highest BCUT2D eigenvalue weighted by atomic mass is 16.5. The highest BCUT2D eigenvalue weighted by molar-refractivity contribution is 5.33. The Morgan fingerprint density at radius 2 is 2.00 bits per heavy atom. The minimum atomic E-state index is 0.235. The molecule has 0 bridgehead atoms. The van der Waals surface area contributed by atoms with Crippen LogP contribution in [0.4, 0.5) is 0 Å². The van der Waals surface area contributed by atoms with Crippen molar-refractivity contribution in [3.05, 3.63) is 24.3 Å². The Bertz CT molecular complexity index is 391. The first kappa shape index (κ1) is 15.1. The second kappa shape index (κ2) is 8.12. The molecule has 0 spiro atoms. The van der Waals surface area contributed by atoms with Crippen LogP contribution in [0.15, 0.2) is 24.3 Å². The van der Waals surface area contributed by atoms with Gasteiger partial charge in [0.2, 0.25) is 0 Å². The van der Waals surface area contributed by atoms with Gasteiger partial charge in [0.1, 0.15) is 18.1 Å². The zero-order valence-corrected chi connectivity index (χ0v) is 12.5. The first-order valence-electron chi connectivity index (χ1n) is 7.47. The van der Waals surface area contributed by atoms with Gasteiger partial charge in [-0.3, -0.25) is 4.90 Å². The van der Waals surface area contributed by atoms with Crippen molar-refractivity contribution in [1.29, 1.82) is 0 Å². The van der Waals surface area contributed by atoms with Crippen LogP contribution in [-0.2, 0) is 4.74 Å². The summed E-state index contributed by atoms with van der Waals surface area (Å²) in [4.78, 5) is 2.36. The Kier molecular flexibility index (Phi) is 6.15. The summed E-state index contributed by atoms with van der Waals surface area (Å²) in [5, 5.41) is 0. The highest BCUT2D eigenvalue weighted by Crippen LogP contribution is 2.21. The van der Waals surface area contributed by atoms with E-state index in [9.17, 15) is 0 Å². The molecule has 1 atom stereocenters. The second-order valence-corrected chi connectivity index (χ2v) is 5.11. The quantitative estimate of drug-likeness (QED) is 0.767. The van der Waals surface area contributed by atoms with Crippen molar-refractivity contribution in [2.45, 2.75) is 26.4 Å². The molecular weight excluding hydrogens is 254 g/mol. The first-order valence-corrected chi connectivity index (χ1v) is 7.47. The van der Waals surface area contributed by atoms with E-state index >= 15 is 0 Å². The molecule has 0 N–H and O–H groups in total. The number of rotatable bonds is 7. The standard InChI is InChI=1S/C16H25NO3/c1-3-14(2)20-16-6-4-5-15(13-16)19-12-9-17-7-10-18-11-8-17/h4-6,13-14H,3,7-12H2,1-2H3. The van der Waals surface area contributed by atoms with Crippen LogP contribution in [-0.4, -0.2) is 50.5 Å². The van der Waals surface area contributed by atoms with E-state index in [4.69, 9.17) is 14.2 Å². The Hall–Kier alpha value is -1.26. The Morgan fingerprint density at radius 1 is 1.25 bits per heavy atom. The van der Waals surface area contributed by atoms with Crippen molar-refractivity contribution in [3.63, 3.8) is 0 Å². The van der Waals surface area contributed by atoms with E-state index in [2.05, 4.69) is 18.7 Å². The molecule has 1 fully saturated rings. The lowest BCUT2D eigenvalue weighted by molar-refractivity contribution is 0.0322. The van der Waals surface area contributed by atoms with E-state index in [0.717, 1.165) is 50.8 Å². The van der Waals surface area contributed by atoms with Crippen LogP contribution in [0.25, 0.3) is 0 Å². The van der Waals surface area contributed by atoms with E-state index in [1.54, 1.807) is 0 Å². The monoisotopic (exact) mass is 279 g/mol. The average molecular weight is 279 g/mol. The van der Waals surface area contributed by atoms with Crippen molar-refractivity contribution < 1.29 is 14.2 Å². The third kappa shape index (κ3) is 5.02. The van der Waals surface area contributed by atoms with Crippen LogP contribution in [0.1, 0.15) is 20.3 Å². The van der Waals surface area contributed by atoms with Gasteiger partial charge < -0.3 is 14.2 Å². The van der Waals surface area contributed by atoms with Gasteiger partial charge in [-0.15, -0.1) is 0 Å². The third-order valence-corrected chi connectivity index (χ3v) is 3.50. The van der Waals surface area contributed by atoms with Crippen molar-refractivity contribution in [2.24, 2.45) is 0 Å². The van der Waals surface area contributed by atoms with Gasteiger partial charge in [0.25, 0.3) is 0 Å². The van der Waals surface area contributed by atoms with E-state index in [-0.39, 0.29) is 6.10 Å². The van der Waals surface area contributed by atoms with Gasteiger partial charge in [-0.2, -0.15) is 0 Å². The maximum atomic E-state index is 5.80. The van der Waals surface area contributed by atoms with Crippen molar-refractivity contribution in [1.82, 2.24) is 4.90 Å². The Balaban J connectivity index is 1.75. The molecule has 1 aromatic rings.